The van der Waals surface area contributed by atoms with Gasteiger partial charge in [-0.05, 0) is 32.9 Å². The van der Waals surface area contributed by atoms with E-state index in [1.807, 2.05) is 12.1 Å². The minimum Gasteiger partial charge on any atom is -0.468 e. The predicted octanol–water partition coefficient (Wildman–Crippen LogP) is 1.85. The predicted molar refractivity (Wildman–Crippen MR) is 60.7 cm³/mol. The van der Waals surface area contributed by atoms with Crippen LogP contribution in [-0.4, -0.2) is 29.6 Å². The lowest BCUT2D eigenvalue weighted by atomic mass is 9.96. The van der Waals surface area contributed by atoms with Crippen molar-refractivity contribution in [2.24, 2.45) is 0 Å². The first kappa shape index (κ1) is 10.7. The molecule has 0 amide bonds. The summed E-state index contributed by atoms with van der Waals surface area (Å²) in [7, 11) is 0. The van der Waals surface area contributed by atoms with Crippen molar-refractivity contribution in [1.82, 2.24) is 10.2 Å². The molecule has 15 heavy (non-hydrogen) atoms. The Morgan fingerprint density at radius 1 is 1.60 bits per heavy atom. The van der Waals surface area contributed by atoms with Gasteiger partial charge in [-0.2, -0.15) is 0 Å². The fourth-order valence-electron chi connectivity index (χ4n) is 2.34. The zero-order valence-corrected chi connectivity index (χ0v) is 9.79. The van der Waals surface area contributed by atoms with Crippen molar-refractivity contribution in [1.29, 1.82) is 0 Å². The molecule has 1 aliphatic heterocycles. The van der Waals surface area contributed by atoms with Gasteiger partial charge in [-0.1, -0.05) is 0 Å². The lowest BCUT2D eigenvalue weighted by Gasteiger charge is -2.46. The van der Waals surface area contributed by atoms with E-state index in [2.05, 4.69) is 31.0 Å². The zero-order valence-electron chi connectivity index (χ0n) is 9.79. The minimum atomic E-state index is 0.199. The molecule has 1 aliphatic rings. The van der Waals surface area contributed by atoms with Crippen LogP contribution >= 0.6 is 0 Å². The maximum absolute atomic E-state index is 5.42. The van der Waals surface area contributed by atoms with Crippen LogP contribution in [0.2, 0.25) is 0 Å². The standard InChI is InChI=1S/C12H20N2O/c1-10-7-13-9-12(2,3)14(10)8-11-5-4-6-15-11/h4-6,10,13H,7-9H2,1-3H3. The Labute approximate surface area is 91.4 Å². The molecule has 0 saturated carbocycles. The summed E-state index contributed by atoms with van der Waals surface area (Å²) in [5, 5.41) is 3.46. The van der Waals surface area contributed by atoms with E-state index < -0.39 is 0 Å². The van der Waals surface area contributed by atoms with Crippen LogP contribution in [0.5, 0.6) is 0 Å². The van der Waals surface area contributed by atoms with Crippen molar-refractivity contribution in [3.8, 4) is 0 Å². The summed E-state index contributed by atoms with van der Waals surface area (Å²) in [5.41, 5.74) is 0.199. The van der Waals surface area contributed by atoms with Crippen molar-refractivity contribution in [2.75, 3.05) is 13.1 Å². The number of nitrogens with zero attached hydrogens (tertiary/aromatic N) is 1. The highest BCUT2D eigenvalue weighted by Gasteiger charge is 2.34. The Bertz CT molecular complexity index is 305. The first-order valence-corrected chi connectivity index (χ1v) is 5.59. The zero-order chi connectivity index (χ0) is 10.9. The Balaban J connectivity index is 2.10. The Morgan fingerprint density at radius 3 is 3.00 bits per heavy atom. The molecular weight excluding hydrogens is 188 g/mol. The van der Waals surface area contributed by atoms with Crippen molar-refractivity contribution in [2.45, 2.75) is 38.9 Å². The average Bonchev–Trinajstić information content (AvgIpc) is 2.63. The summed E-state index contributed by atoms with van der Waals surface area (Å²) in [4.78, 5) is 2.50. The monoisotopic (exact) mass is 208 g/mol. The van der Waals surface area contributed by atoms with Gasteiger partial charge in [-0.3, -0.25) is 4.90 Å². The van der Waals surface area contributed by atoms with Gasteiger partial charge in [0.15, 0.2) is 0 Å². The molecule has 1 aromatic rings. The normalized spacial score (nSPS) is 26.7. The van der Waals surface area contributed by atoms with Gasteiger partial charge in [-0.15, -0.1) is 0 Å². The van der Waals surface area contributed by atoms with E-state index in [9.17, 15) is 0 Å². The van der Waals surface area contributed by atoms with Crippen molar-refractivity contribution in [3.05, 3.63) is 24.2 Å². The maximum atomic E-state index is 5.42. The van der Waals surface area contributed by atoms with Gasteiger partial charge in [0.05, 0.1) is 12.8 Å². The molecule has 1 unspecified atom stereocenters. The highest BCUT2D eigenvalue weighted by molar-refractivity contribution is 5.02. The number of hydrogen-bond acceptors (Lipinski definition) is 3. The molecule has 1 fully saturated rings. The molecule has 1 saturated heterocycles. The van der Waals surface area contributed by atoms with E-state index in [1.165, 1.54) is 0 Å². The van der Waals surface area contributed by atoms with E-state index >= 15 is 0 Å². The SMILES string of the molecule is CC1CNCC(C)(C)N1Cc1ccco1. The largest absolute Gasteiger partial charge is 0.468 e. The van der Waals surface area contributed by atoms with Crippen molar-refractivity contribution >= 4 is 0 Å². The Kier molecular flexibility index (Phi) is 2.85. The molecule has 2 rings (SSSR count). The number of furan rings is 1. The molecular formula is C12H20N2O. The summed E-state index contributed by atoms with van der Waals surface area (Å²) in [6, 6.07) is 4.55. The Morgan fingerprint density at radius 2 is 2.40 bits per heavy atom. The molecule has 3 heteroatoms. The molecule has 2 heterocycles. The summed E-state index contributed by atoms with van der Waals surface area (Å²) in [6.45, 7) is 9.82. The third-order valence-corrected chi connectivity index (χ3v) is 3.21. The summed E-state index contributed by atoms with van der Waals surface area (Å²) >= 11 is 0. The molecule has 1 aromatic heterocycles. The van der Waals surface area contributed by atoms with Crippen LogP contribution in [0.15, 0.2) is 22.8 Å². The lowest BCUT2D eigenvalue weighted by Crippen LogP contribution is -2.61. The van der Waals surface area contributed by atoms with Crippen molar-refractivity contribution < 1.29 is 4.42 Å². The third-order valence-electron chi connectivity index (χ3n) is 3.21. The van der Waals surface area contributed by atoms with Crippen LogP contribution in [0.1, 0.15) is 26.5 Å². The Hall–Kier alpha value is -0.800. The average molecular weight is 208 g/mol. The first-order chi connectivity index (χ1) is 7.09. The van der Waals surface area contributed by atoms with Crippen molar-refractivity contribution in [3.63, 3.8) is 0 Å². The van der Waals surface area contributed by atoms with Gasteiger partial charge in [0.1, 0.15) is 5.76 Å². The third kappa shape index (κ3) is 2.24. The second kappa shape index (κ2) is 3.99. The number of rotatable bonds is 2. The van der Waals surface area contributed by atoms with E-state index in [-0.39, 0.29) is 5.54 Å². The van der Waals surface area contributed by atoms with E-state index in [0.717, 1.165) is 25.4 Å². The number of nitrogens with one attached hydrogen (secondary N) is 1. The lowest BCUT2D eigenvalue weighted by molar-refractivity contribution is 0.0314. The van der Waals surface area contributed by atoms with Gasteiger partial charge < -0.3 is 9.73 Å². The van der Waals surface area contributed by atoms with Crippen LogP contribution in [0.25, 0.3) is 0 Å². The molecule has 0 spiro atoms. The second-order valence-corrected chi connectivity index (χ2v) is 5.00. The van der Waals surface area contributed by atoms with Gasteiger partial charge in [0, 0.05) is 24.7 Å². The summed E-state index contributed by atoms with van der Waals surface area (Å²) < 4.78 is 5.42. The van der Waals surface area contributed by atoms with Crippen LogP contribution in [-0.2, 0) is 6.54 Å². The molecule has 1 atom stereocenters. The smallest absolute Gasteiger partial charge is 0.117 e. The quantitative estimate of drug-likeness (QED) is 0.804. The van der Waals surface area contributed by atoms with Gasteiger partial charge in [-0.25, -0.2) is 0 Å². The highest BCUT2D eigenvalue weighted by Crippen LogP contribution is 2.23. The fourth-order valence-corrected chi connectivity index (χ4v) is 2.34. The number of hydrogen-bond donors (Lipinski definition) is 1. The van der Waals surface area contributed by atoms with Crippen LogP contribution < -0.4 is 5.32 Å². The summed E-state index contributed by atoms with van der Waals surface area (Å²) in [6.07, 6.45) is 1.75. The molecule has 0 bridgehead atoms. The topological polar surface area (TPSA) is 28.4 Å². The first-order valence-electron chi connectivity index (χ1n) is 5.59. The molecule has 3 nitrogen and oxygen atoms in total. The van der Waals surface area contributed by atoms with Crippen LogP contribution in [0, 0.1) is 0 Å². The fraction of sp³-hybridized carbons (Fsp3) is 0.667. The molecule has 0 aromatic carbocycles. The minimum absolute atomic E-state index is 0.199. The van der Waals surface area contributed by atoms with Crippen LogP contribution in [0.3, 0.4) is 0 Å². The molecule has 0 aliphatic carbocycles. The summed E-state index contributed by atoms with van der Waals surface area (Å²) in [5.74, 6) is 1.05. The molecule has 84 valence electrons. The van der Waals surface area contributed by atoms with E-state index in [1.54, 1.807) is 6.26 Å². The second-order valence-electron chi connectivity index (χ2n) is 5.00. The number of piperazine rings is 1. The maximum Gasteiger partial charge on any atom is 0.117 e. The van der Waals surface area contributed by atoms with E-state index in [4.69, 9.17) is 4.42 Å². The van der Waals surface area contributed by atoms with Gasteiger partial charge >= 0.3 is 0 Å². The van der Waals surface area contributed by atoms with Crippen LogP contribution in [0.4, 0.5) is 0 Å². The van der Waals surface area contributed by atoms with E-state index in [0.29, 0.717) is 6.04 Å². The van der Waals surface area contributed by atoms with Gasteiger partial charge in [0.25, 0.3) is 0 Å². The van der Waals surface area contributed by atoms with Gasteiger partial charge in [0.2, 0.25) is 0 Å². The molecule has 0 radical (unpaired) electrons. The highest BCUT2D eigenvalue weighted by atomic mass is 16.3. The molecule has 1 N–H and O–H groups in total.